The number of amides is 1. The number of anilines is 2. The van der Waals surface area contributed by atoms with Crippen LogP contribution in [0.25, 0.3) is 10.8 Å². The van der Waals surface area contributed by atoms with Gasteiger partial charge in [0.2, 0.25) is 15.9 Å². The standard InChI is InChI=1S/C28H23Cl3N4O3S/c1-17(36)33-25-6-2-5-23-22(25)4-3-7-28(23)39(37,38)32-16-21-15-27(18-8-10-19(29)11-9-18)35(34-21)26-13-12-20(30)14-24(26)31/h2-14,27,32H,15-16H2,1H3,(H,33,36). The zero-order valence-electron chi connectivity index (χ0n) is 20.7. The summed E-state index contributed by atoms with van der Waals surface area (Å²) in [5.74, 6) is -0.242. The molecule has 2 N–H and O–H groups in total. The van der Waals surface area contributed by atoms with Gasteiger partial charge in [0.05, 0.1) is 33.9 Å². The van der Waals surface area contributed by atoms with Gasteiger partial charge >= 0.3 is 0 Å². The van der Waals surface area contributed by atoms with E-state index in [2.05, 4.69) is 10.0 Å². The first-order chi connectivity index (χ1) is 18.6. The van der Waals surface area contributed by atoms with Gasteiger partial charge in [-0.15, -0.1) is 0 Å². The zero-order valence-corrected chi connectivity index (χ0v) is 23.7. The number of nitrogens with one attached hydrogen (secondary N) is 2. The first-order valence-electron chi connectivity index (χ1n) is 12.0. The predicted molar refractivity (Wildman–Crippen MR) is 159 cm³/mol. The molecule has 7 nitrogen and oxygen atoms in total. The summed E-state index contributed by atoms with van der Waals surface area (Å²) in [7, 11) is -3.93. The Morgan fingerprint density at radius 3 is 2.36 bits per heavy atom. The van der Waals surface area contributed by atoms with Crippen LogP contribution in [0, 0.1) is 0 Å². The highest BCUT2D eigenvalue weighted by molar-refractivity contribution is 7.89. The average Bonchev–Trinajstić information content (AvgIpc) is 3.31. The molecule has 0 bridgehead atoms. The van der Waals surface area contributed by atoms with Crippen LogP contribution in [0.5, 0.6) is 0 Å². The van der Waals surface area contributed by atoms with Gasteiger partial charge in [0.25, 0.3) is 0 Å². The fourth-order valence-corrected chi connectivity index (χ4v) is 6.44. The predicted octanol–water partition coefficient (Wildman–Crippen LogP) is 7.04. The lowest BCUT2D eigenvalue weighted by atomic mass is 10.0. The van der Waals surface area contributed by atoms with Crippen LogP contribution >= 0.6 is 34.8 Å². The molecule has 1 heterocycles. The van der Waals surface area contributed by atoms with Gasteiger partial charge in [-0.1, -0.05) is 71.2 Å². The van der Waals surface area contributed by atoms with Gasteiger partial charge < -0.3 is 5.32 Å². The van der Waals surface area contributed by atoms with E-state index in [1.165, 1.54) is 13.0 Å². The minimum Gasteiger partial charge on any atom is -0.326 e. The number of hydrogen-bond acceptors (Lipinski definition) is 5. The molecule has 0 saturated heterocycles. The van der Waals surface area contributed by atoms with E-state index in [1.54, 1.807) is 65.7 Å². The van der Waals surface area contributed by atoms with E-state index in [-0.39, 0.29) is 23.4 Å². The maximum absolute atomic E-state index is 13.5. The van der Waals surface area contributed by atoms with Crippen LogP contribution in [0.3, 0.4) is 0 Å². The van der Waals surface area contributed by atoms with E-state index in [0.29, 0.717) is 49.3 Å². The van der Waals surface area contributed by atoms with Crippen molar-refractivity contribution in [3.8, 4) is 0 Å². The summed E-state index contributed by atoms with van der Waals surface area (Å²) in [6.45, 7) is 1.40. The Morgan fingerprint density at radius 2 is 1.64 bits per heavy atom. The Morgan fingerprint density at radius 1 is 0.949 bits per heavy atom. The summed E-state index contributed by atoms with van der Waals surface area (Å²) in [4.78, 5) is 11.7. The summed E-state index contributed by atoms with van der Waals surface area (Å²) in [6.07, 6.45) is 0.464. The Kier molecular flexibility index (Phi) is 7.84. The Labute approximate surface area is 241 Å². The summed E-state index contributed by atoms with van der Waals surface area (Å²) < 4.78 is 29.6. The molecule has 0 spiro atoms. The topological polar surface area (TPSA) is 90.9 Å². The van der Waals surface area contributed by atoms with E-state index < -0.39 is 10.0 Å². The van der Waals surface area contributed by atoms with Crippen LogP contribution in [0.4, 0.5) is 11.4 Å². The Bertz CT molecular complexity index is 1710. The molecular formula is C28H23Cl3N4O3S. The number of hydrogen-bond donors (Lipinski definition) is 2. The molecule has 0 fully saturated rings. The molecule has 11 heteroatoms. The molecule has 1 amide bonds. The van der Waals surface area contributed by atoms with E-state index in [0.717, 1.165) is 5.56 Å². The second-order valence-corrected chi connectivity index (χ2v) is 12.1. The number of carbonyl (C=O) groups is 1. The Balaban J connectivity index is 1.44. The van der Waals surface area contributed by atoms with Crippen molar-refractivity contribution in [2.24, 2.45) is 5.10 Å². The molecule has 0 radical (unpaired) electrons. The van der Waals surface area contributed by atoms with Gasteiger partial charge in [0.1, 0.15) is 0 Å². The first kappa shape index (κ1) is 27.4. The van der Waals surface area contributed by atoms with Gasteiger partial charge in [0.15, 0.2) is 0 Å². The van der Waals surface area contributed by atoms with Gasteiger partial charge in [-0.25, -0.2) is 13.1 Å². The number of sulfonamides is 1. The van der Waals surface area contributed by atoms with Crippen molar-refractivity contribution in [3.63, 3.8) is 0 Å². The largest absolute Gasteiger partial charge is 0.326 e. The molecule has 1 atom stereocenters. The van der Waals surface area contributed by atoms with Crippen molar-refractivity contribution < 1.29 is 13.2 Å². The molecular weight excluding hydrogens is 579 g/mol. The summed E-state index contributed by atoms with van der Waals surface area (Å²) in [5.41, 5.74) is 2.77. The minimum absolute atomic E-state index is 0.00406. The van der Waals surface area contributed by atoms with Crippen molar-refractivity contribution in [3.05, 3.63) is 99.5 Å². The van der Waals surface area contributed by atoms with Crippen molar-refractivity contribution in [1.82, 2.24) is 4.72 Å². The van der Waals surface area contributed by atoms with Crippen LogP contribution in [0.2, 0.25) is 15.1 Å². The summed E-state index contributed by atoms with van der Waals surface area (Å²) in [5, 5.41) is 11.9. The van der Waals surface area contributed by atoms with Gasteiger partial charge in [-0.05, 0) is 48.0 Å². The number of hydrazone groups is 1. The fourth-order valence-electron chi connectivity index (χ4n) is 4.58. The molecule has 39 heavy (non-hydrogen) atoms. The fraction of sp³-hybridized carbons (Fsp3) is 0.143. The molecule has 4 aromatic rings. The second kappa shape index (κ2) is 11.2. The monoisotopic (exact) mass is 600 g/mol. The number of carbonyl (C=O) groups excluding carboxylic acids is 1. The second-order valence-electron chi connectivity index (χ2n) is 9.04. The molecule has 200 valence electrons. The minimum atomic E-state index is -3.93. The number of rotatable bonds is 7. The van der Waals surface area contributed by atoms with Crippen LogP contribution in [-0.2, 0) is 14.8 Å². The van der Waals surface area contributed by atoms with Gasteiger partial charge in [-0.2, -0.15) is 5.10 Å². The van der Waals surface area contributed by atoms with Gasteiger partial charge in [-0.3, -0.25) is 9.80 Å². The molecule has 0 saturated carbocycles. The highest BCUT2D eigenvalue weighted by Crippen LogP contribution is 2.40. The molecule has 0 aliphatic carbocycles. The quantitative estimate of drug-likeness (QED) is 0.238. The average molecular weight is 602 g/mol. The first-order valence-corrected chi connectivity index (χ1v) is 14.6. The van der Waals surface area contributed by atoms with Crippen molar-refractivity contribution in [1.29, 1.82) is 0 Å². The Hall–Kier alpha value is -3.14. The lowest BCUT2D eigenvalue weighted by Gasteiger charge is -2.25. The van der Waals surface area contributed by atoms with E-state index >= 15 is 0 Å². The summed E-state index contributed by atoms with van der Waals surface area (Å²) in [6, 6.07) is 22.5. The molecule has 1 aliphatic rings. The van der Waals surface area contributed by atoms with Crippen LogP contribution in [0.15, 0.2) is 88.9 Å². The van der Waals surface area contributed by atoms with Gasteiger partial charge in [0, 0.05) is 39.8 Å². The third-order valence-electron chi connectivity index (χ3n) is 6.33. The normalized spacial score (nSPS) is 15.4. The summed E-state index contributed by atoms with van der Waals surface area (Å²) >= 11 is 18.7. The van der Waals surface area contributed by atoms with Crippen LogP contribution < -0.4 is 15.0 Å². The molecule has 5 rings (SSSR count). The zero-order chi connectivity index (χ0) is 27.7. The number of nitrogens with zero attached hydrogens (tertiary/aromatic N) is 2. The van der Waals surface area contributed by atoms with Crippen molar-refractivity contribution in [2.75, 3.05) is 16.9 Å². The maximum atomic E-state index is 13.5. The number of halogens is 3. The van der Waals surface area contributed by atoms with E-state index in [1.807, 2.05) is 12.1 Å². The SMILES string of the molecule is CC(=O)Nc1cccc2c(S(=O)(=O)NCC3=NN(c4ccc(Cl)cc4Cl)C(c4ccc(Cl)cc4)C3)cccc12. The number of benzene rings is 4. The lowest BCUT2D eigenvalue weighted by molar-refractivity contribution is -0.114. The van der Waals surface area contributed by atoms with Crippen LogP contribution in [0.1, 0.15) is 24.9 Å². The molecule has 1 aliphatic heterocycles. The lowest BCUT2D eigenvalue weighted by Crippen LogP contribution is -2.29. The van der Waals surface area contributed by atoms with Crippen molar-refractivity contribution in [2.45, 2.75) is 24.3 Å². The molecule has 0 aromatic heterocycles. The third kappa shape index (κ3) is 5.90. The van der Waals surface area contributed by atoms with E-state index in [9.17, 15) is 13.2 Å². The van der Waals surface area contributed by atoms with E-state index in [4.69, 9.17) is 39.9 Å². The molecule has 1 unspecified atom stereocenters. The third-order valence-corrected chi connectivity index (χ3v) is 8.58. The highest BCUT2D eigenvalue weighted by atomic mass is 35.5. The highest BCUT2D eigenvalue weighted by Gasteiger charge is 2.31. The molecule has 4 aromatic carbocycles. The smallest absolute Gasteiger partial charge is 0.241 e. The maximum Gasteiger partial charge on any atom is 0.241 e. The van der Waals surface area contributed by atoms with Crippen LogP contribution in [-0.4, -0.2) is 26.6 Å². The van der Waals surface area contributed by atoms with Crippen molar-refractivity contribution >= 4 is 78.6 Å². The number of fused-ring (bicyclic) bond motifs is 1.